The third-order valence-electron chi connectivity index (χ3n) is 4.85. The Balaban J connectivity index is 1.60. The van der Waals surface area contributed by atoms with E-state index in [1.807, 2.05) is 12.1 Å². The smallest absolute Gasteiger partial charge is 0.260 e. The van der Waals surface area contributed by atoms with Gasteiger partial charge in [-0.2, -0.15) is 0 Å². The number of carbonyl (C=O) groups is 1. The van der Waals surface area contributed by atoms with E-state index in [0.717, 1.165) is 10.3 Å². The van der Waals surface area contributed by atoms with Crippen LogP contribution in [0.1, 0.15) is 15.9 Å². The molecule has 5 rings (SSSR count). The van der Waals surface area contributed by atoms with Gasteiger partial charge in [0.05, 0.1) is 23.4 Å². The minimum absolute atomic E-state index is 0.143. The Morgan fingerprint density at radius 2 is 1.97 bits per heavy atom. The third-order valence-corrected chi connectivity index (χ3v) is 6.39. The molecule has 0 fully saturated rings. The molecule has 0 aliphatic carbocycles. The molecule has 9 heteroatoms. The van der Waals surface area contributed by atoms with Gasteiger partial charge in [-0.1, -0.05) is 22.9 Å². The summed E-state index contributed by atoms with van der Waals surface area (Å²) in [6.07, 6.45) is 3.38. The second kappa shape index (κ2) is 8.05. The van der Waals surface area contributed by atoms with Gasteiger partial charge in [-0.15, -0.1) is 0 Å². The van der Waals surface area contributed by atoms with Gasteiger partial charge in [-0.05, 0) is 48.0 Å². The number of fused-ring (bicyclic) bond motifs is 2. The molecule has 0 saturated carbocycles. The summed E-state index contributed by atoms with van der Waals surface area (Å²) < 4.78 is 17.0. The van der Waals surface area contributed by atoms with Crippen molar-refractivity contribution in [2.75, 3.05) is 18.8 Å². The van der Waals surface area contributed by atoms with Crippen LogP contribution in [0.15, 0.2) is 54.9 Å². The zero-order valence-corrected chi connectivity index (χ0v) is 17.9. The first-order valence-electron chi connectivity index (χ1n) is 9.37. The molecule has 0 spiro atoms. The first-order valence-corrected chi connectivity index (χ1v) is 10.6. The number of methoxy groups -OCH3 is 1. The van der Waals surface area contributed by atoms with Crippen molar-refractivity contribution < 1.29 is 19.0 Å². The number of halogens is 1. The molecule has 0 radical (unpaired) electrons. The van der Waals surface area contributed by atoms with Crippen LogP contribution in [0.4, 0.5) is 5.13 Å². The van der Waals surface area contributed by atoms with Crippen LogP contribution in [0.25, 0.3) is 10.2 Å². The van der Waals surface area contributed by atoms with Gasteiger partial charge >= 0.3 is 0 Å². The Labute approximate surface area is 186 Å². The van der Waals surface area contributed by atoms with E-state index in [1.54, 1.807) is 54.7 Å². The van der Waals surface area contributed by atoms with Crippen molar-refractivity contribution in [1.82, 2.24) is 9.97 Å². The molecule has 0 N–H and O–H groups in total. The minimum Gasteiger partial charge on any atom is -0.494 e. The van der Waals surface area contributed by atoms with Crippen LogP contribution < -0.4 is 19.1 Å². The van der Waals surface area contributed by atoms with Crippen LogP contribution in [0.2, 0.25) is 5.02 Å². The summed E-state index contributed by atoms with van der Waals surface area (Å²) >= 11 is 7.74. The van der Waals surface area contributed by atoms with Crippen LogP contribution >= 0.6 is 22.9 Å². The average Bonchev–Trinajstić information content (AvgIpc) is 3.45. The maximum Gasteiger partial charge on any atom is 0.260 e. The lowest BCUT2D eigenvalue weighted by Gasteiger charge is -2.20. The van der Waals surface area contributed by atoms with Gasteiger partial charge in [-0.25, -0.2) is 4.98 Å². The van der Waals surface area contributed by atoms with Crippen molar-refractivity contribution in [1.29, 1.82) is 0 Å². The van der Waals surface area contributed by atoms with Crippen LogP contribution in [0.5, 0.6) is 17.2 Å². The fraction of sp³-hybridized carbons (Fsp3) is 0.136. The Kier molecular flexibility index (Phi) is 5.09. The first kappa shape index (κ1) is 19.6. The summed E-state index contributed by atoms with van der Waals surface area (Å²) in [5.74, 6) is 1.54. The highest BCUT2D eigenvalue weighted by atomic mass is 35.5. The van der Waals surface area contributed by atoms with E-state index in [-0.39, 0.29) is 12.7 Å². The standard InChI is InChI=1S/C22H16ClN3O4S/c1-28-17-5-3-15(23)20-19(17)25-22(31-20)26(11-13-6-8-24-9-7-13)21(27)14-2-4-16-18(10-14)30-12-29-16/h2-10H,11-12H2,1H3. The lowest BCUT2D eigenvalue weighted by atomic mass is 10.1. The average molecular weight is 454 g/mol. The predicted octanol–water partition coefficient (Wildman–Crippen LogP) is 4.93. The van der Waals surface area contributed by atoms with Gasteiger partial charge in [0.2, 0.25) is 6.79 Å². The summed E-state index contributed by atoms with van der Waals surface area (Å²) in [5.41, 5.74) is 2.00. The topological polar surface area (TPSA) is 73.8 Å². The molecule has 1 aliphatic heterocycles. The zero-order chi connectivity index (χ0) is 21.4. The molecule has 2 aromatic carbocycles. The van der Waals surface area contributed by atoms with E-state index in [9.17, 15) is 4.79 Å². The van der Waals surface area contributed by atoms with Crippen LogP contribution in [0, 0.1) is 0 Å². The Morgan fingerprint density at radius 1 is 1.16 bits per heavy atom. The molecular weight excluding hydrogens is 438 g/mol. The summed E-state index contributed by atoms with van der Waals surface area (Å²) in [7, 11) is 1.58. The number of carbonyl (C=O) groups excluding carboxylic acids is 1. The molecule has 1 aliphatic rings. The van der Waals surface area contributed by atoms with Crippen molar-refractivity contribution >= 4 is 44.2 Å². The molecule has 1 amide bonds. The molecule has 0 saturated heterocycles. The SMILES string of the molecule is COc1ccc(Cl)c2sc(N(Cc3ccncc3)C(=O)c3ccc4c(c3)OCO4)nc12. The van der Waals surface area contributed by atoms with Gasteiger partial charge in [0.1, 0.15) is 11.3 Å². The highest BCUT2D eigenvalue weighted by Crippen LogP contribution is 2.40. The van der Waals surface area contributed by atoms with Gasteiger partial charge in [0.15, 0.2) is 16.6 Å². The predicted molar refractivity (Wildman–Crippen MR) is 118 cm³/mol. The lowest BCUT2D eigenvalue weighted by molar-refractivity contribution is 0.0984. The van der Waals surface area contributed by atoms with Crippen LogP contribution in [0.3, 0.4) is 0 Å². The van der Waals surface area contributed by atoms with Crippen molar-refractivity contribution in [3.63, 3.8) is 0 Å². The van der Waals surface area contributed by atoms with E-state index in [0.29, 0.717) is 45.0 Å². The maximum absolute atomic E-state index is 13.6. The van der Waals surface area contributed by atoms with Crippen molar-refractivity contribution in [3.05, 3.63) is 71.0 Å². The molecule has 0 bridgehead atoms. The zero-order valence-electron chi connectivity index (χ0n) is 16.4. The summed E-state index contributed by atoms with van der Waals surface area (Å²) in [5, 5.41) is 1.07. The number of hydrogen-bond acceptors (Lipinski definition) is 7. The number of benzene rings is 2. The Hall–Kier alpha value is -3.36. The molecule has 156 valence electrons. The van der Waals surface area contributed by atoms with Gasteiger partial charge in [0.25, 0.3) is 5.91 Å². The quantitative estimate of drug-likeness (QED) is 0.426. The number of aromatic nitrogens is 2. The number of anilines is 1. The number of rotatable bonds is 5. The number of thiazole rings is 1. The molecule has 4 aromatic rings. The summed E-state index contributed by atoms with van der Waals surface area (Å²) in [6.45, 7) is 0.458. The van der Waals surface area contributed by atoms with Crippen molar-refractivity contribution in [2.24, 2.45) is 0 Å². The fourth-order valence-electron chi connectivity index (χ4n) is 3.30. The highest BCUT2D eigenvalue weighted by Gasteiger charge is 2.25. The van der Waals surface area contributed by atoms with E-state index in [2.05, 4.69) is 4.98 Å². The monoisotopic (exact) mass is 453 g/mol. The summed E-state index contributed by atoms with van der Waals surface area (Å²) in [4.78, 5) is 24.0. The highest BCUT2D eigenvalue weighted by molar-refractivity contribution is 7.23. The van der Waals surface area contributed by atoms with Gasteiger partial charge < -0.3 is 14.2 Å². The van der Waals surface area contributed by atoms with Crippen LogP contribution in [-0.4, -0.2) is 29.8 Å². The van der Waals surface area contributed by atoms with Gasteiger partial charge in [0, 0.05) is 18.0 Å². The number of ether oxygens (including phenoxy) is 3. The van der Waals surface area contributed by atoms with E-state index in [4.69, 9.17) is 30.8 Å². The fourth-order valence-corrected chi connectivity index (χ4v) is 4.56. The van der Waals surface area contributed by atoms with E-state index >= 15 is 0 Å². The normalized spacial score (nSPS) is 12.2. The maximum atomic E-state index is 13.6. The number of amides is 1. The minimum atomic E-state index is -0.218. The largest absolute Gasteiger partial charge is 0.494 e. The third kappa shape index (κ3) is 3.64. The molecule has 3 heterocycles. The lowest BCUT2D eigenvalue weighted by Crippen LogP contribution is -2.30. The number of nitrogens with zero attached hydrogens (tertiary/aromatic N) is 3. The van der Waals surface area contributed by atoms with Crippen LogP contribution in [-0.2, 0) is 6.54 Å². The number of hydrogen-bond donors (Lipinski definition) is 0. The molecular formula is C22H16ClN3O4S. The van der Waals surface area contributed by atoms with E-state index < -0.39 is 0 Å². The molecule has 7 nitrogen and oxygen atoms in total. The number of pyridine rings is 1. The van der Waals surface area contributed by atoms with Crippen molar-refractivity contribution in [3.8, 4) is 17.2 Å². The summed E-state index contributed by atoms with van der Waals surface area (Å²) in [6, 6.07) is 12.4. The molecule has 2 aromatic heterocycles. The first-order chi connectivity index (χ1) is 15.1. The molecule has 0 unspecified atom stereocenters. The second-order valence-electron chi connectivity index (χ2n) is 6.74. The Morgan fingerprint density at radius 3 is 2.77 bits per heavy atom. The van der Waals surface area contributed by atoms with E-state index in [1.165, 1.54) is 11.3 Å². The second-order valence-corrected chi connectivity index (χ2v) is 8.12. The Bertz CT molecular complexity index is 1280. The molecule has 0 atom stereocenters. The molecule has 31 heavy (non-hydrogen) atoms. The van der Waals surface area contributed by atoms with Crippen molar-refractivity contribution in [2.45, 2.75) is 6.54 Å². The van der Waals surface area contributed by atoms with Gasteiger partial charge in [-0.3, -0.25) is 14.7 Å².